The number of amides is 1. The van der Waals surface area contributed by atoms with E-state index in [1.165, 1.54) is 23.2 Å². The van der Waals surface area contributed by atoms with Crippen LogP contribution in [-0.2, 0) is 11.3 Å². The fourth-order valence-electron chi connectivity index (χ4n) is 2.19. The van der Waals surface area contributed by atoms with Crippen molar-refractivity contribution in [1.82, 2.24) is 20.5 Å². The molecule has 0 radical (unpaired) electrons. The minimum Gasteiger partial charge on any atom is -0.350 e. The maximum Gasteiger partial charge on any atom is 0.241 e. The number of pyridine rings is 1. The van der Waals surface area contributed by atoms with Gasteiger partial charge >= 0.3 is 0 Å². The summed E-state index contributed by atoms with van der Waals surface area (Å²) in [4.78, 5) is 21.7. The van der Waals surface area contributed by atoms with Crippen LogP contribution in [0.15, 0.2) is 53.7 Å². The second-order valence-corrected chi connectivity index (χ2v) is 6.02. The number of carbonyl (C=O) groups is 1. The van der Waals surface area contributed by atoms with E-state index in [1.54, 1.807) is 14.1 Å². The quantitative estimate of drug-likeness (QED) is 0.614. The van der Waals surface area contributed by atoms with Crippen LogP contribution < -0.4 is 10.6 Å². The van der Waals surface area contributed by atoms with E-state index < -0.39 is 5.82 Å². The van der Waals surface area contributed by atoms with Gasteiger partial charge in [0.05, 0.1) is 24.8 Å². The highest BCUT2D eigenvalue weighted by Crippen LogP contribution is 2.11. The fraction of sp³-hybridized carbons (Fsp3) is 0.316. The summed E-state index contributed by atoms with van der Waals surface area (Å²) in [6.07, 6.45) is 1.52. The van der Waals surface area contributed by atoms with Crippen LogP contribution in [-0.4, -0.2) is 42.4 Å². The molecule has 26 heavy (non-hydrogen) atoms. The average molecular weight is 357 g/mol. The van der Waals surface area contributed by atoms with E-state index in [4.69, 9.17) is 0 Å². The van der Waals surface area contributed by atoms with Gasteiger partial charge in [-0.05, 0) is 24.6 Å². The van der Waals surface area contributed by atoms with E-state index in [1.807, 2.05) is 37.3 Å². The van der Waals surface area contributed by atoms with Crippen LogP contribution in [0.4, 0.5) is 4.39 Å². The van der Waals surface area contributed by atoms with E-state index in [2.05, 4.69) is 20.6 Å². The highest BCUT2D eigenvalue weighted by Gasteiger charge is 2.11. The normalized spacial score (nSPS) is 12.4. The number of nitrogens with zero attached hydrogens (tertiary/aromatic N) is 3. The summed E-state index contributed by atoms with van der Waals surface area (Å²) >= 11 is 0. The third-order valence-electron chi connectivity index (χ3n) is 3.78. The molecule has 2 rings (SSSR count). The Morgan fingerprint density at radius 2 is 1.96 bits per heavy atom. The number of nitrogens with one attached hydrogen (secondary N) is 2. The SMILES string of the molecule is CC(NC(=NCc1ncccc1F)NCC(=O)N(C)C)c1ccccc1. The van der Waals surface area contributed by atoms with Gasteiger partial charge in [0.2, 0.25) is 5.91 Å². The first-order chi connectivity index (χ1) is 12.5. The molecule has 0 aliphatic heterocycles. The van der Waals surface area contributed by atoms with Crippen LogP contribution in [0, 0.1) is 5.82 Å². The molecule has 2 aromatic rings. The predicted octanol–water partition coefficient (Wildman–Crippen LogP) is 2.11. The van der Waals surface area contributed by atoms with E-state index in [9.17, 15) is 9.18 Å². The number of halogens is 1. The van der Waals surface area contributed by atoms with Gasteiger partial charge in [-0.3, -0.25) is 9.78 Å². The number of carbonyl (C=O) groups excluding carboxylic acids is 1. The molecule has 2 N–H and O–H groups in total. The lowest BCUT2D eigenvalue weighted by Gasteiger charge is -2.19. The van der Waals surface area contributed by atoms with Crippen LogP contribution in [0.5, 0.6) is 0 Å². The molecule has 0 saturated carbocycles. The van der Waals surface area contributed by atoms with Gasteiger partial charge in [-0.25, -0.2) is 9.38 Å². The summed E-state index contributed by atoms with van der Waals surface area (Å²) in [5.41, 5.74) is 1.32. The number of guanidine groups is 1. The van der Waals surface area contributed by atoms with Gasteiger partial charge in [0.25, 0.3) is 0 Å². The Morgan fingerprint density at radius 1 is 1.23 bits per heavy atom. The standard InChI is InChI=1S/C19H24FN5O/c1-14(15-8-5-4-6-9-15)24-19(23-13-18(26)25(2)3)22-12-17-16(20)10-7-11-21-17/h4-11,14H,12-13H2,1-3H3,(H2,22,23,24). The summed E-state index contributed by atoms with van der Waals surface area (Å²) in [6, 6.07) is 12.7. The molecule has 0 spiro atoms. The number of aliphatic imine (C=N–C) groups is 1. The van der Waals surface area contributed by atoms with Crippen molar-refractivity contribution in [2.45, 2.75) is 19.5 Å². The second kappa shape index (κ2) is 9.50. The zero-order valence-corrected chi connectivity index (χ0v) is 15.2. The molecule has 1 heterocycles. The summed E-state index contributed by atoms with van der Waals surface area (Å²) < 4.78 is 13.8. The molecule has 1 atom stereocenters. The number of rotatable bonds is 6. The lowest BCUT2D eigenvalue weighted by Crippen LogP contribution is -2.43. The summed E-state index contributed by atoms with van der Waals surface area (Å²) in [7, 11) is 3.37. The Morgan fingerprint density at radius 3 is 2.62 bits per heavy atom. The van der Waals surface area contributed by atoms with Gasteiger partial charge in [-0.15, -0.1) is 0 Å². The van der Waals surface area contributed by atoms with Gasteiger partial charge in [-0.1, -0.05) is 30.3 Å². The van der Waals surface area contributed by atoms with Crippen molar-refractivity contribution in [1.29, 1.82) is 0 Å². The van der Waals surface area contributed by atoms with Gasteiger partial charge in [0.1, 0.15) is 5.82 Å². The molecule has 0 bridgehead atoms. The second-order valence-electron chi connectivity index (χ2n) is 6.02. The molecule has 6 nitrogen and oxygen atoms in total. The predicted molar refractivity (Wildman–Crippen MR) is 100 cm³/mol. The fourth-order valence-corrected chi connectivity index (χ4v) is 2.19. The van der Waals surface area contributed by atoms with E-state index in [-0.39, 0.29) is 30.7 Å². The molecule has 0 saturated heterocycles. The third kappa shape index (κ3) is 5.84. The topological polar surface area (TPSA) is 69.6 Å². The number of benzene rings is 1. The number of likely N-dealkylation sites (N-methyl/N-ethyl adjacent to an activating group) is 1. The van der Waals surface area contributed by atoms with Gasteiger partial charge in [0, 0.05) is 20.3 Å². The van der Waals surface area contributed by atoms with Crippen molar-refractivity contribution in [3.63, 3.8) is 0 Å². The lowest BCUT2D eigenvalue weighted by atomic mass is 10.1. The smallest absolute Gasteiger partial charge is 0.241 e. The summed E-state index contributed by atoms with van der Waals surface area (Å²) in [6.45, 7) is 2.15. The van der Waals surface area contributed by atoms with Crippen LogP contribution in [0.25, 0.3) is 0 Å². The van der Waals surface area contributed by atoms with Crippen molar-refractivity contribution in [3.8, 4) is 0 Å². The van der Waals surface area contributed by atoms with E-state index >= 15 is 0 Å². The van der Waals surface area contributed by atoms with Crippen molar-refractivity contribution in [2.75, 3.05) is 20.6 Å². The maximum absolute atomic E-state index is 13.8. The molecule has 1 unspecified atom stereocenters. The molecular formula is C19H24FN5O. The molecule has 7 heteroatoms. The number of hydrogen-bond acceptors (Lipinski definition) is 3. The molecule has 0 aliphatic rings. The minimum absolute atomic E-state index is 0.0366. The summed E-state index contributed by atoms with van der Waals surface area (Å²) in [5, 5.41) is 6.22. The first-order valence-corrected chi connectivity index (χ1v) is 8.36. The monoisotopic (exact) mass is 357 g/mol. The van der Waals surface area contributed by atoms with Crippen molar-refractivity contribution in [3.05, 3.63) is 65.7 Å². The Balaban J connectivity index is 2.11. The zero-order valence-electron chi connectivity index (χ0n) is 15.2. The Bertz CT molecular complexity index is 749. The van der Waals surface area contributed by atoms with Crippen LogP contribution in [0.3, 0.4) is 0 Å². The molecular weight excluding hydrogens is 333 g/mol. The van der Waals surface area contributed by atoms with Gasteiger partial charge in [0.15, 0.2) is 5.96 Å². The molecule has 1 aromatic carbocycles. The highest BCUT2D eigenvalue weighted by molar-refractivity contribution is 5.86. The number of hydrogen-bond donors (Lipinski definition) is 2. The first kappa shape index (κ1) is 19.4. The average Bonchev–Trinajstić information content (AvgIpc) is 2.65. The Kier molecular flexibility index (Phi) is 7.08. The minimum atomic E-state index is -0.406. The van der Waals surface area contributed by atoms with Crippen LogP contribution >= 0.6 is 0 Å². The van der Waals surface area contributed by atoms with Gasteiger partial charge in [-0.2, -0.15) is 0 Å². The van der Waals surface area contributed by atoms with Crippen molar-refractivity contribution < 1.29 is 9.18 Å². The highest BCUT2D eigenvalue weighted by atomic mass is 19.1. The third-order valence-corrected chi connectivity index (χ3v) is 3.78. The molecule has 138 valence electrons. The molecule has 0 aliphatic carbocycles. The molecule has 0 fully saturated rings. The zero-order chi connectivity index (χ0) is 18.9. The van der Waals surface area contributed by atoms with Crippen molar-refractivity contribution >= 4 is 11.9 Å². The van der Waals surface area contributed by atoms with Crippen LogP contribution in [0.1, 0.15) is 24.2 Å². The lowest BCUT2D eigenvalue weighted by molar-refractivity contribution is -0.127. The first-order valence-electron chi connectivity index (χ1n) is 8.36. The van der Waals surface area contributed by atoms with Crippen LogP contribution in [0.2, 0.25) is 0 Å². The van der Waals surface area contributed by atoms with Gasteiger partial charge < -0.3 is 15.5 Å². The maximum atomic E-state index is 13.8. The Labute approximate surface area is 153 Å². The van der Waals surface area contributed by atoms with Crippen molar-refractivity contribution in [2.24, 2.45) is 4.99 Å². The Hall–Kier alpha value is -2.96. The molecule has 1 amide bonds. The van der Waals surface area contributed by atoms with E-state index in [0.29, 0.717) is 5.96 Å². The number of aromatic nitrogens is 1. The van der Waals surface area contributed by atoms with E-state index in [0.717, 1.165) is 5.56 Å². The summed E-state index contributed by atoms with van der Waals surface area (Å²) in [5.74, 6) is -0.0754. The molecule has 1 aromatic heterocycles. The largest absolute Gasteiger partial charge is 0.350 e.